The van der Waals surface area contributed by atoms with Gasteiger partial charge >= 0.3 is 12.0 Å². The molecule has 0 aliphatic carbocycles. The van der Waals surface area contributed by atoms with Crippen LogP contribution in [0.1, 0.15) is 12.8 Å². The monoisotopic (exact) mass is 360 g/mol. The number of anilines is 1. The largest absolute Gasteiger partial charge is 0.480 e. The second-order valence-electron chi connectivity index (χ2n) is 4.71. The van der Waals surface area contributed by atoms with Gasteiger partial charge < -0.3 is 20.5 Å². The van der Waals surface area contributed by atoms with E-state index in [9.17, 15) is 19.1 Å². The van der Waals surface area contributed by atoms with Crippen molar-refractivity contribution in [2.75, 3.05) is 18.5 Å². The van der Waals surface area contributed by atoms with Crippen LogP contribution in [0, 0.1) is 5.82 Å². The van der Waals surface area contributed by atoms with Crippen LogP contribution in [0.5, 0.6) is 0 Å². The highest BCUT2D eigenvalue weighted by atomic mass is 79.9. The Hall–Kier alpha value is -1.67. The molecular formula is C13H14BrFN2O4. The molecular weight excluding hydrogens is 347 g/mol. The third-order valence-corrected chi connectivity index (χ3v) is 3.93. The van der Waals surface area contributed by atoms with E-state index in [4.69, 9.17) is 4.74 Å². The van der Waals surface area contributed by atoms with Crippen LogP contribution in [0.4, 0.5) is 14.9 Å². The van der Waals surface area contributed by atoms with Crippen molar-refractivity contribution in [3.8, 4) is 0 Å². The number of benzene rings is 1. The van der Waals surface area contributed by atoms with Crippen LogP contribution in [0.15, 0.2) is 22.7 Å². The number of rotatable bonds is 3. The normalized spacial score (nSPS) is 17.0. The number of carboxylic acid groups (broad SMARTS) is 1. The van der Waals surface area contributed by atoms with Gasteiger partial charge in [0.1, 0.15) is 11.4 Å². The fraction of sp³-hybridized carbons (Fsp3) is 0.385. The summed E-state index contributed by atoms with van der Waals surface area (Å²) in [5, 5.41) is 14.2. The van der Waals surface area contributed by atoms with Crippen molar-refractivity contribution in [2.45, 2.75) is 18.4 Å². The fourth-order valence-corrected chi connectivity index (χ4v) is 2.31. The first-order valence-electron chi connectivity index (χ1n) is 6.28. The zero-order chi connectivity index (χ0) is 15.5. The number of nitrogens with one attached hydrogen (secondary N) is 2. The molecule has 2 amide bonds. The second-order valence-corrected chi connectivity index (χ2v) is 5.56. The summed E-state index contributed by atoms with van der Waals surface area (Å²) in [7, 11) is 0. The lowest BCUT2D eigenvalue weighted by atomic mass is 9.90. The van der Waals surface area contributed by atoms with Gasteiger partial charge in [0.05, 0.1) is 4.47 Å². The highest BCUT2D eigenvalue weighted by Gasteiger charge is 2.41. The van der Waals surface area contributed by atoms with Crippen molar-refractivity contribution < 1.29 is 23.8 Å². The van der Waals surface area contributed by atoms with Gasteiger partial charge in [-0.25, -0.2) is 14.0 Å². The van der Waals surface area contributed by atoms with E-state index in [1.165, 1.54) is 12.1 Å². The maximum atomic E-state index is 13.4. The summed E-state index contributed by atoms with van der Waals surface area (Å²) in [4.78, 5) is 23.3. The summed E-state index contributed by atoms with van der Waals surface area (Å²) < 4.78 is 18.8. The Morgan fingerprint density at radius 2 is 2.00 bits per heavy atom. The molecule has 0 spiro atoms. The minimum atomic E-state index is -1.35. The van der Waals surface area contributed by atoms with Crippen LogP contribution >= 0.6 is 15.9 Å². The molecule has 21 heavy (non-hydrogen) atoms. The third-order valence-electron chi connectivity index (χ3n) is 3.29. The smallest absolute Gasteiger partial charge is 0.329 e. The molecule has 0 bridgehead atoms. The van der Waals surface area contributed by atoms with E-state index < -0.39 is 23.4 Å². The third kappa shape index (κ3) is 3.70. The van der Waals surface area contributed by atoms with E-state index in [0.717, 1.165) is 6.07 Å². The van der Waals surface area contributed by atoms with Crippen LogP contribution in [0.3, 0.4) is 0 Å². The van der Waals surface area contributed by atoms with Gasteiger partial charge in [-0.1, -0.05) is 0 Å². The van der Waals surface area contributed by atoms with Gasteiger partial charge in [-0.15, -0.1) is 0 Å². The average molecular weight is 361 g/mol. The Morgan fingerprint density at radius 1 is 1.33 bits per heavy atom. The Kier molecular flexibility index (Phi) is 4.79. The summed E-state index contributed by atoms with van der Waals surface area (Å²) in [5.74, 6) is -1.63. The minimum Gasteiger partial charge on any atom is -0.480 e. The van der Waals surface area contributed by atoms with Gasteiger partial charge in [-0.05, 0) is 34.1 Å². The van der Waals surface area contributed by atoms with E-state index >= 15 is 0 Å². The number of halogens is 2. The number of aliphatic carboxylic acids is 1. The molecule has 1 aromatic carbocycles. The molecule has 6 nitrogen and oxygen atoms in total. The minimum absolute atomic E-state index is 0.185. The quantitative estimate of drug-likeness (QED) is 0.771. The summed E-state index contributed by atoms with van der Waals surface area (Å²) >= 11 is 3.01. The van der Waals surface area contributed by atoms with Gasteiger partial charge in [0.25, 0.3) is 0 Å². The first kappa shape index (κ1) is 15.7. The van der Waals surface area contributed by atoms with E-state index in [1.807, 2.05) is 0 Å². The molecule has 1 fully saturated rings. The molecule has 2 rings (SSSR count). The molecule has 1 aliphatic rings. The maximum Gasteiger partial charge on any atom is 0.329 e. The van der Waals surface area contributed by atoms with Gasteiger partial charge in [-0.2, -0.15) is 0 Å². The number of amides is 2. The number of carbonyl (C=O) groups is 2. The van der Waals surface area contributed by atoms with Gasteiger partial charge in [0.2, 0.25) is 0 Å². The molecule has 1 aromatic rings. The molecule has 0 unspecified atom stereocenters. The summed E-state index contributed by atoms with van der Waals surface area (Å²) in [6.07, 6.45) is 0.370. The molecule has 3 N–H and O–H groups in total. The predicted molar refractivity (Wildman–Crippen MR) is 76.7 cm³/mol. The topological polar surface area (TPSA) is 87.7 Å². The number of hydrogen-bond acceptors (Lipinski definition) is 3. The molecule has 8 heteroatoms. The summed E-state index contributed by atoms with van der Waals surface area (Å²) in [6, 6.07) is 3.40. The van der Waals surface area contributed by atoms with Crippen molar-refractivity contribution in [1.29, 1.82) is 0 Å². The summed E-state index contributed by atoms with van der Waals surface area (Å²) in [6.45, 7) is 0.527. The van der Waals surface area contributed by atoms with Gasteiger partial charge in [-0.3, -0.25) is 0 Å². The van der Waals surface area contributed by atoms with E-state index in [0.29, 0.717) is 0 Å². The number of hydrogen-bond donors (Lipinski definition) is 3. The van der Waals surface area contributed by atoms with Gasteiger partial charge in [0.15, 0.2) is 0 Å². The van der Waals surface area contributed by atoms with E-state index in [2.05, 4.69) is 26.6 Å². The number of ether oxygens (including phenoxy) is 1. The van der Waals surface area contributed by atoms with Crippen LogP contribution in [-0.2, 0) is 9.53 Å². The molecule has 0 radical (unpaired) electrons. The predicted octanol–water partition coefficient (Wildman–Crippen LogP) is 2.34. The molecule has 1 aliphatic heterocycles. The highest BCUT2D eigenvalue weighted by Crippen LogP contribution is 2.22. The van der Waals surface area contributed by atoms with Crippen LogP contribution in [-0.4, -0.2) is 35.9 Å². The SMILES string of the molecule is O=C(Nc1ccc(Br)c(F)c1)NC1(C(=O)O)CCOCC1. The maximum absolute atomic E-state index is 13.4. The highest BCUT2D eigenvalue weighted by molar-refractivity contribution is 9.10. The Balaban J connectivity index is 2.05. The van der Waals surface area contributed by atoms with Crippen molar-refractivity contribution in [3.63, 3.8) is 0 Å². The Morgan fingerprint density at radius 3 is 2.57 bits per heavy atom. The Bertz CT molecular complexity index is 561. The molecule has 1 saturated heterocycles. The lowest BCUT2D eigenvalue weighted by Gasteiger charge is -2.33. The fourth-order valence-electron chi connectivity index (χ4n) is 2.07. The summed E-state index contributed by atoms with van der Waals surface area (Å²) in [5.41, 5.74) is -1.11. The van der Waals surface area contributed by atoms with Crippen molar-refractivity contribution in [2.24, 2.45) is 0 Å². The number of urea groups is 1. The van der Waals surface area contributed by atoms with Crippen molar-refractivity contribution >= 4 is 33.6 Å². The van der Waals surface area contributed by atoms with Crippen LogP contribution in [0.2, 0.25) is 0 Å². The molecule has 0 aromatic heterocycles. The van der Waals surface area contributed by atoms with E-state index in [1.54, 1.807) is 0 Å². The first-order valence-corrected chi connectivity index (χ1v) is 7.08. The number of carbonyl (C=O) groups excluding carboxylic acids is 1. The second kappa shape index (κ2) is 6.40. The lowest BCUT2D eigenvalue weighted by Crippen LogP contribution is -2.58. The van der Waals surface area contributed by atoms with Crippen LogP contribution < -0.4 is 10.6 Å². The average Bonchev–Trinajstić information content (AvgIpc) is 2.43. The molecule has 114 valence electrons. The van der Waals surface area contributed by atoms with E-state index in [-0.39, 0.29) is 36.2 Å². The standard InChI is InChI=1S/C13H14BrFN2O4/c14-9-2-1-8(7-10(9)15)16-12(20)17-13(11(18)19)3-5-21-6-4-13/h1-2,7H,3-6H2,(H,18,19)(H2,16,17,20). The van der Waals surface area contributed by atoms with Gasteiger partial charge in [0, 0.05) is 31.7 Å². The lowest BCUT2D eigenvalue weighted by molar-refractivity contribution is -0.148. The number of carboxylic acids is 1. The zero-order valence-corrected chi connectivity index (χ0v) is 12.6. The van der Waals surface area contributed by atoms with Crippen molar-refractivity contribution in [1.82, 2.24) is 5.32 Å². The molecule has 0 saturated carbocycles. The Labute approximate surface area is 128 Å². The van der Waals surface area contributed by atoms with Crippen molar-refractivity contribution in [3.05, 3.63) is 28.5 Å². The zero-order valence-electron chi connectivity index (χ0n) is 11.0. The first-order chi connectivity index (χ1) is 9.93. The molecule has 1 heterocycles. The van der Waals surface area contributed by atoms with Crippen LogP contribution in [0.25, 0.3) is 0 Å². The molecule has 0 atom stereocenters.